The summed E-state index contributed by atoms with van der Waals surface area (Å²) in [6.07, 6.45) is 27.7. The Bertz CT molecular complexity index is 610. The summed E-state index contributed by atoms with van der Waals surface area (Å²) in [5.41, 5.74) is 4.84. The van der Waals surface area contributed by atoms with Crippen LogP contribution in [0.25, 0.3) is 6.08 Å². The minimum atomic E-state index is -1.62. The zero-order valence-corrected chi connectivity index (χ0v) is 24.3. The molecule has 0 spiro atoms. The molecule has 0 bridgehead atoms. The Labute approximate surface area is 213 Å². The van der Waals surface area contributed by atoms with Gasteiger partial charge in [-0.2, -0.15) is 0 Å². The normalized spacial score (nSPS) is 21.5. The quantitative estimate of drug-likeness (QED) is 0.184. The van der Waals surface area contributed by atoms with E-state index in [0.29, 0.717) is 0 Å². The van der Waals surface area contributed by atoms with Crippen LogP contribution in [-0.2, 0) is 13.5 Å². The van der Waals surface area contributed by atoms with Gasteiger partial charge in [-0.1, -0.05) is 19.3 Å². The molecule has 0 unspecified atom stereocenters. The van der Waals surface area contributed by atoms with E-state index in [1.54, 1.807) is 96.3 Å². The first-order chi connectivity index (χ1) is 15.2. The summed E-state index contributed by atoms with van der Waals surface area (Å²) < 4.78 is 1.86. The van der Waals surface area contributed by atoms with Crippen molar-refractivity contribution in [2.24, 2.45) is 0 Å². The third-order valence-corrected chi connectivity index (χ3v) is 13.9. The molecule has 0 N–H and O–H groups in total. The molecular weight excluding hydrogens is 539 g/mol. The van der Waals surface area contributed by atoms with E-state index in [1.165, 1.54) is 17.0 Å². The van der Waals surface area contributed by atoms with E-state index in [9.17, 15) is 0 Å². The molecule has 1 aromatic rings. The SMILES string of the molecule is C1CCC([PH+](C2CCCCC2)C2CCCCC2)CC1.[CH3-].[Cl][Ru]([Cl])=[CH]/C=C/c1ccccc1. The molecule has 0 saturated heterocycles. The van der Waals surface area contributed by atoms with Crippen molar-refractivity contribution in [2.75, 3.05) is 0 Å². The van der Waals surface area contributed by atoms with Crippen molar-refractivity contribution in [3.63, 3.8) is 0 Å². The summed E-state index contributed by atoms with van der Waals surface area (Å²) in [5.74, 6) is 0. The van der Waals surface area contributed by atoms with E-state index in [4.69, 9.17) is 19.4 Å². The molecule has 3 aliphatic carbocycles. The zero-order valence-electron chi connectivity index (χ0n) is 20.1. The molecule has 32 heavy (non-hydrogen) atoms. The standard InChI is InChI=1S/C18H33P.C9H8.CH3.2ClH.Ru/c1-4-10-16(11-5-1)19(17-12-6-2-7-13-17)18-14-8-3-9-15-18;1-2-6-9-7-4-3-5-8-9;;;;/h16-18H,1-15H2;1-8H;1H3;2*1H;/q;;-1;;;+2/p-1/b;6-2+;;;;. The Morgan fingerprint density at radius 3 is 1.44 bits per heavy atom. The fraction of sp³-hybridized carbons (Fsp3) is 0.643. The second-order valence-electron chi connectivity index (χ2n) is 9.60. The third-order valence-electron chi connectivity index (χ3n) is 7.48. The van der Waals surface area contributed by atoms with Gasteiger partial charge in [-0.3, -0.25) is 0 Å². The third kappa shape index (κ3) is 10.4. The van der Waals surface area contributed by atoms with Gasteiger partial charge in [0.05, 0.1) is 17.0 Å². The number of benzene rings is 1. The molecule has 1 aromatic carbocycles. The Kier molecular flexibility index (Phi) is 15.2. The van der Waals surface area contributed by atoms with Crippen LogP contribution in [0.1, 0.15) is 102 Å². The Morgan fingerprint density at radius 1 is 0.656 bits per heavy atom. The van der Waals surface area contributed by atoms with Gasteiger partial charge in [0, 0.05) is 7.92 Å². The average Bonchev–Trinajstić information content (AvgIpc) is 2.82. The molecule has 0 nitrogen and oxygen atoms in total. The molecule has 0 aliphatic heterocycles. The van der Waals surface area contributed by atoms with Crippen LogP contribution in [0.3, 0.4) is 0 Å². The van der Waals surface area contributed by atoms with Gasteiger partial charge in [0.25, 0.3) is 0 Å². The minimum absolute atomic E-state index is 0. The van der Waals surface area contributed by atoms with Crippen LogP contribution in [0.5, 0.6) is 0 Å². The van der Waals surface area contributed by atoms with E-state index in [-0.39, 0.29) is 15.3 Å². The predicted octanol–water partition coefficient (Wildman–Crippen LogP) is 10.1. The van der Waals surface area contributed by atoms with Gasteiger partial charge in [0.2, 0.25) is 0 Å². The summed E-state index contributed by atoms with van der Waals surface area (Å²) in [5, 5.41) is 0. The first kappa shape index (κ1) is 28.7. The fourth-order valence-corrected chi connectivity index (χ4v) is 12.3. The molecule has 4 rings (SSSR count). The van der Waals surface area contributed by atoms with Crippen LogP contribution < -0.4 is 0 Å². The maximum atomic E-state index is 5.65. The number of hydrogen-bond acceptors (Lipinski definition) is 0. The summed E-state index contributed by atoms with van der Waals surface area (Å²) in [4.78, 5) is 0. The van der Waals surface area contributed by atoms with Gasteiger partial charge in [-0.05, 0) is 77.0 Å². The summed E-state index contributed by atoms with van der Waals surface area (Å²) in [7, 11) is 11.2. The Hall–Kier alpha value is 0.463. The molecule has 3 saturated carbocycles. The van der Waals surface area contributed by atoms with Gasteiger partial charge in [0.15, 0.2) is 0 Å². The van der Waals surface area contributed by atoms with Gasteiger partial charge >= 0.3 is 85.6 Å². The van der Waals surface area contributed by atoms with E-state index in [1.807, 2.05) is 47.1 Å². The molecule has 0 radical (unpaired) electrons. The second kappa shape index (κ2) is 17.0. The van der Waals surface area contributed by atoms with E-state index in [0.717, 1.165) is 5.56 Å². The number of hydrogen-bond donors (Lipinski definition) is 0. The summed E-state index contributed by atoms with van der Waals surface area (Å²) in [6, 6.07) is 10.0. The predicted molar refractivity (Wildman–Crippen MR) is 149 cm³/mol. The first-order valence-electron chi connectivity index (χ1n) is 12.7. The van der Waals surface area contributed by atoms with Gasteiger partial charge in [-0.15, -0.1) is 0 Å². The Balaban J connectivity index is 0.000000244. The van der Waals surface area contributed by atoms with Crippen LogP contribution in [0, 0.1) is 7.43 Å². The van der Waals surface area contributed by atoms with E-state index in [2.05, 4.69) is 0 Å². The number of allylic oxidation sites excluding steroid dienone is 1. The van der Waals surface area contributed by atoms with Crippen molar-refractivity contribution >= 4 is 38.0 Å². The molecule has 4 heteroatoms. The number of rotatable bonds is 5. The average molecular weight is 585 g/mol. The van der Waals surface area contributed by atoms with Crippen LogP contribution in [0.4, 0.5) is 0 Å². The van der Waals surface area contributed by atoms with Gasteiger partial charge in [-0.25, -0.2) is 0 Å². The van der Waals surface area contributed by atoms with Crippen molar-refractivity contribution in [1.29, 1.82) is 0 Å². The molecule has 0 amide bonds. The first-order valence-corrected chi connectivity index (χ1v) is 19.9. The fourth-order valence-electron chi connectivity index (χ4n) is 6.07. The molecule has 3 aliphatic rings. The van der Waals surface area contributed by atoms with E-state index >= 15 is 0 Å². The van der Waals surface area contributed by atoms with Crippen LogP contribution in [0.2, 0.25) is 0 Å². The molecule has 0 heterocycles. The van der Waals surface area contributed by atoms with Crippen molar-refractivity contribution in [2.45, 2.75) is 113 Å². The van der Waals surface area contributed by atoms with Crippen molar-refractivity contribution in [1.82, 2.24) is 0 Å². The Morgan fingerprint density at radius 2 is 1.06 bits per heavy atom. The van der Waals surface area contributed by atoms with Crippen LogP contribution >= 0.6 is 27.3 Å². The van der Waals surface area contributed by atoms with Crippen molar-refractivity contribution < 1.29 is 13.5 Å². The maximum absolute atomic E-state index is 5.65. The summed E-state index contributed by atoms with van der Waals surface area (Å²) in [6.45, 7) is 0. The van der Waals surface area contributed by atoms with Gasteiger partial charge in [0.1, 0.15) is 0 Å². The topological polar surface area (TPSA) is 0 Å². The van der Waals surface area contributed by atoms with Gasteiger partial charge < -0.3 is 7.43 Å². The van der Waals surface area contributed by atoms with Crippen LogP contribution in [0.15, 0.2) is 36.4 Å². The molecule has 3 fully saturated rings. The molecule has 0 atom stereocenters. The number of halogens is 2. The second-order valence-corrected chi connectivity index (χ2v) is 18.8. The monoisotopic (exact) mass is 584 g/mol. The summed E-state index contributed by atoms with van der Waals surface area (Å²) >= 11 is -1.62. The van der Waals surface area contributed by atoms with Crippen molar-refractivity contribution in [3.8, 4) is 0 Å². The molecule has 184 valence electrons. The zero-order chi connectivity index (χ0) is 21.7. The molecule has 0 aromatic heterocycles. The van der Waals surface area contributed by atoms with Crippen molar-refractivity contribution in [3.05, 3.63) is 49.4 Å². The van der Waals surface area contributed by atoms with E-state index < -0.39 is 13.5 Å². The molecular formula is C28H45Cl2PRu. The van der Waals surface area contributed by atoms with Crippen LogP contribution in [-0.4, -0.2) is 21.6 Å².